The zero-order valence-electron chi connectivity index (χ0n) is 7.98. The van der Waals surface area contributed by atoms with Gasteiger partial charge in [-0.15, -0.1) is 0 Å². The number of nitrogens with one attached hydrogen (secondary N) is 1. The molecule has 1 rings (SSSR count). The molecule has 0 aliphatic carbocycles. The van der Waals surface area contributed by atoms with Crippen LogP contribution in [0, 0.1) is 0 Å². The largest absolute Gasteiger partial charge is 0.480 e. The molecule has 0 saturated carbocycles. The van der Waals surface area contributed by atoms with E-state index in [4.69, 9.17) is 21.8 Å². The Hall–Kier alpha value is -1.10. The summed E-state index contributed by atoms with van der Waals surface area (Å²) in [6, 6.07) is 6.18. The van der Waals surface area contributed by atoms with E-state index in [2.05, 4.69) is 5.32 Å². The van der Waals surface area contributed by atoms with Gasteiger partial charge in [-0.1, -0.05) is 29.8 Å². The molecule has 0 aromatic heterocycles. The Bertz CT molecular complexity index is 343. The number of aliphatic carboxylic acids is 1. The predicted octanol–water partition coefficient (Wildman–Crippen LogP) is 0.875. The van der Waals surface area contributed by atoms with Crippen LogP contribution in [0.1, 0.15) is 5.56 Å². The third-order valence-electron chi connectivity index (χ3n) is 1.98. The number of hydrogen-bond donors (Lipinski definition) is 3. The van der Waals surface area contributed by atoms with Gasteiger partial charge in [0.25, 0.3) is 0 Å². The smallest absolute Gasteiger partial charge is 0.323 e. The third kappa shape index (κ3) is 3.51. The van der Waals surface area contributed by atoms with Crippen molar-refractivity contribution in [3.8, 4) is 0 Å². The highest BCUT2D eigenvalue weighted by Crippen LogP contribution is 2.14. The number of halogens is 1. The minimum absolute atomic E-state index is 0.317. The van der Waals surface area contributed by atoms with Crippen LogP contribution in [0.25, 0.3) is 0 Å². The zero-order chi connectivity index (χ0) is 11.3. The van der Waals surface area contributed by atoms with Gasteiger partial charge in [-0.3, -0.25) is 10.1 Å². The van der Waals surface area contributed by atoms with E-state index in [9.17, 15) is 4.79 Å². The molecule has 15 heavy (non-hydrogen) atoms. The molecule has 4 nitrogen and oxygen atoms in total. The normalized spacial score (nSPS) is 12.4. The van der Waals surface area contributed by atoms with Crippen molar-refractivity contribution in [3.63, 3.8) is 0 Å². The van der Waals surface area contributed by atoms with E-state index in [-0.39, 0.29) is 0 Å². The lowest BCUT2D eigenvalue weighted by Gasteiger charge is -2.12. The second-order valence-corrected chi connectivity index (χ2v) is 3.45. The fraction of sp³-hybridized carbons (Fsp3) is 0.300. The molecule has 3 N–H and O–H groups in total. The SMILES string of the molecule is O=C(O)C(CO)NCc1ccccc1Cl. The lowest BCUT2D eigenvalue weighted by atomic mass is 10.2. The first-order chi connectivity index (χ1) is 7.15. The Morgan fingerprint density at radius 1 is 1.47 bits per heavy atom. The molecule has 1 aromatic carbocycles. The van der Waals surface area contributed by atoms with Crippen molar-refractivity contribution in [1.82, 2.24) is 5.32 Å². The summed E-state index contributed by atoms with van der Waals surface area (Å²) < 4.78 is 0. The van der Waals surface area contributed by atoms with E-state index in [1.54, 1.807) is 18.2 Å². The van der Waals surface area contributed by atoms with Gasteiger partial charge in [0, 0.05) is 11.6 Å². The van der Waals surface area contributed by atoms with E-state index >= 15 is 0 Å². The summed E-state index contributed by atoms with van der Waals surface area (Å²) in [6.45, 7) is -0.128. The first kappa shape index (κ1) is 12.0. The Kier molecular flexibility index (Phi) is 4.55. The second kappa shape index (κ2) is 5.70. The number of rotatable bonds is 5. The summed E-state index contributed by atoms with van der Waals surface area (Å²) in [5, 5.41) is 20.7. The van der Waals surface area contributed by atoms with Gasteiger partial charge in [0.2, 0.25) is 0 Å². The maximum absolute atomic E-state index is 10.6. The average molecular weight is 230 g/mol. The molecule has 0 bridgehead atoms. The summed E-state index contributed by atoms with van der Waals surface area (Å²) in [5.41, 5.74) is 0.805. The van der Waals surface area contributed by atoms with Gasteiger partial charge in [-0.25, -0.2) is 0 Å². The molecule has 0 spiro atoms. The Labute approximate surface area is 92.5 Å². The number of carboxylic acids is 1. The molecule has 0 aliphatic heterocycles. The molecular formula is C10H12ClNO3. The zero-order valence-corrected chi connectivity index (χ0v) is 8.74. The van der Waals surface area contributed by atoms with Gasteiger partial charge < -0.3 is 10.2 Å². The van der Waals surface area contributed by atoms with Crippen LogP contribution in [0.2, 0.25) is 5.02 Å². The van der Waals surface area contributed by atoms with Gasteiger partial charge >= 0.3 is 5.97 Å². The molecule has 0 amide bonds. The van der Waals surface area contributed by atoms with Crippen LogP contribution in [0.4, 0.5) is 0 Å². The van der Waals surface area contributed by atoms with Gasteiger partial charge in [0.05, 0.1) is 6.61 Å². The summed E-state index contributed by atoms with van der Waals surface area (Å²) in [6.07, 6.45) is 0. The fourth-order valence-corrected chi connectivity index (χ4v) is 1.31. The maximum atomic E-state index is 10.6. The van der Waals surface area contributed by atoms with E-state index in [0.29, 0.717) is 11.6 Å². The molecule has 0 fully saturated rings. The summed E-state index contributed by atoms with van der Waals surface area (Å²) in [4.78, 5) is 10.6. The van der Waals surface area contributed by atoms with Gasteiger partial charge in [-0.05, 0) is 11.6 Å². The van der Waals surface area contributed by atoms with Crippen LogP contribution < -0.4 is 5.32 Å². The molecule has 1 atom stereocenters. The van der Waals surface area contributed by atoms with Crippen molar-refractivity contribution in [2.45, 2.75) is 12.6 Å². The van der Waals surface area contributed by atoms with E-state index in [1.807, 2.05) is 6.07 Å². The minimum atomic E-state index is -1.08. The standard InChI is InChI=1S/C10H12ClNO3/c11-8-4-2-1-3-7(8)5-12-9(6-13)10(14)15/h1-4,9,12-13H,5-6H2,(H,14,15). The predicted molar refractivity (Wildman–Crippen MR) is 56.8 cm³/mol. The molecule has 5 heteroatoms. The summed E-state index contributed by atoms with van der Waals surface area (Å²) in [7, 11) is 0. The highest BCUT2D eigenvalue weighted by atomic mass is 35.5. The molecule has 1 unspecified atom stereocenters. The number of aliphatic hydroxyl groups is 1. The molecule has 0 heterocycles. The van der Waals surface area contributed by atoms with Gasteiger partial charge in [-0.2, -0.15) is 0 Å². The molecule has 0 radical (unpaired) electrons. The topological polar surface area (TPSA) is 69.6 Å². The van der Waals surface area contributed by atoms with Crippen molar-refractivity contribution in [1.29, 1.82) is 0 Å². The number of hydrogen-bond acceptors (Lipinski definition) is 3. The highest BCUT2D eigenvalue weighted by molar-refractivity contribution is 6.31. The maximum Gasteiger partial charge on any atom is 0.323 e. The van der Waals surface area contributed by atoms with Crippen LogP contribution >= 0.6 is 11.6 Å². The second-order valence-electron chi connectivity index (χ2n) is 3.05. The van der Waals surface area contributed by atoms with Crippen LogP contribution in [0.3, 0.4) is 0 Å². The number of benzene rings is 1. The minimum Gasteiger partial charge on any atom is -0.480 e. The molecule has 1 aromatic rings. The van der Waals surface area contributed by atoms with Crippen molar-refractivity contribution in [3.05, 3.63) is 34.9 Å². The molecular weight excluding hydrogens is 218 g/mol. The Morgan fingerprint density at radius 3 is 2.67 bits per heavy atom. The van der Waals surface area contributed by atoms with Crippen molar-refractivity contribution in [2.75, 3.05) is 6.61 Å². The van der Waals surface area contributed by atoms with Crippen LogP contribution in [0.5, 0.6) is 0 Å². The Morgan fingerprint density at radius 2 is 2.13 bits per heavy atom. The first-order valence-electron chi connectivity index (χ1n) is 4.45. The molecule has 0 saturated heterocycles. The van der Waals surface area contributed by atoms with Crippen LogP contribution in [-0.2, 0) is 11.3 Å². The first-order valence-corrected chi connectivity index (χ1v) is 4.83. The highest BCUT2D eigenvalue weighted by Gasteiger charge is 2.15. The van der Waals surface area contributed by atoms with Crippen molar-refractivity contribution < 1.29 is 15.0 Å². The van der Waals surface area contributed by atoms with Crippen LogP contribution in [-0.4, -0.2) is 28.8 Å². The van der Waals surface area contributed by atoms with E-state index in [1.165, 1.54) is 0 Å². The van der Waals surface area contributed by atoms with Gasteiger partial charge in [0.1, 0.15) is 6.04 Å². The number of aliphatic hydroxyl groups excluding tert-OH is 1. The fourth-order valence-electron chi connectivity index (χ4n) is 1.10. The molecule has 82 valence electrons. The van der Waals surface area contributed by atoms with Gasteiger partial charge in [0.15, 0.2) is 0 Å². The average Bonchev–Trinajstić information content (AvgIpc) is 2.21. The Balaban J connectivity index is 2.56. The number of carbonyl (C=O) groups is 1. The quantitative estimate of drug-likeness (QED) is 0.701. The number of carboxylic acid groups (broad SMARTS) is 1. The molecule has 0 aliphatic rings. The van der Waals surface area contributed by atoms with E-state index in [0.717, 1.165) is 5.56 Å². The van der Waals surface area contributed by atoms with Crippen molar-refractivity contribution >= 4 is 17.6 Å². The summed E-state index contributed by atoms with van der Waals surface area (Å²) >= 11 is 5.88. The summed E-state index contributed by atoms with van der Waals surface area (Å²) in [5.74, 6) is -1.08. The third-order valence-corrected chi connectivity index (χ3v) is 2.35. The van der Waals surface area contributed by atoms with Crippen molar-refractivity contribution in [2.24, 2.45) is 0 Å². The lowest BCUT2D eigenvalue weighted by Crippen LogP contribution is -2.39. The van der Waals surface area contributed by atoms with Crippen LogP contribution in [0.15, 0.2) is 24.3 Å². The monoisotopic (exact) mass is 229 g/mol. The van der Waals surface area contributed by atoms with E-state index < -0.39 is 18.6 Å². The lowest BCUT2D eigenvalue weighted by molar-refractivity contribution is -0.140.